The maximum Gasteiger partial charge on any atom is 0.0385 e. The van der Waals surface area contributed by atoms with E-state index in [9.17, 15) is 0 Å². The molecule has 0 radical (unpaired) electrons. The van der Waals surface area contributed by atoms with Crippen LogP contribution in [-0.4, -0.2) is 10.2 Å². The predicted molar refractivity (Wildman–Crippen MR) is 89.1 cm³/mol. The minimum atomic E-state index is 0.712. The van der Waals surface area contributed by atoms with Gasteiger partial charge in [0.1, 0.15) is 0 Å². The second-order valence-corrected chi connectivity index (χ2v) is 7.08. The molecule has 0 aliphatic heterocycles. The lowest BCUT2D eigenvalue weighted by atomic mass is 9.81. The summed E-state index contributed by atoms with van der Waals surface area (Å²) in [5, 5.41) is 4.19. The summed E-state index contributed by atoms with van der Waals surface area (Å²) in [4.78, 5) is 0. The Kier molecular flexibility index (Phi) is 3.56. The molecule has 0 unspecified atom stereocenters. The Bertz CT molecular complexity index is 606. The van der Waals surface area contributed by atoms with Gasteiger partial charge in [-0.2, -0.15) is 0 Å². The van der Waals surface area contributed by atoms with Crippen molar-refractivity contribution in [2.24, 2.45) is 5.92 Å². The minimum absolute atomic E-state index is 0.712. The molecule has 1 aliphatic carbocycles. The average molecular weight is 266 g/mol. The predicted octanol–water partition coefficient (Wildman–Crippen LogP) is 3.42. The van der Waals surface area contributed by atoms with Crippen LogP contribution in [0.4, 0.5) is 0 Å². The van der Waals surface area contributed by atoms with Gasteiger partial charge in [0.15, 0.2) is 0 Å². The van der Waals surface area contributed by atoms with E-state index < -0.39 is 0 Å². The monoisotopic (exact) mass is 266 g/mol. The van der Waals surface area contributed by atoms with E-state index in [-0.39, 0.29) is 0 Å². The highest BCUT2D eigenvalue weighted by Crippen LogP contribution is 2.34. The zero-order valence-corrected chi connectivity index (χ0v) is 13.8. The summed E-state index contributed by atoms with van der Waals surface area (Å²) in [5.74, 6) is 0.712. The topological polar surface area (TPSA) is 0 Å². The molecule has 2 aromatic carbocycles. The number of allylic oxidation sites excluding steroid dienone is 1. The molecule has 0 amide bonds. The van der Waals surface area contributed by atoms with Crippen molar-refractivity contribution in [1.29, 1.82) is 0 Å². The van der Waals surface area contributed by atoms with Gasteiger partial charge in [-0.05, 0) is 46.7 Å². The van der Waals surface area contributed by atoms with Crippen LogP contribution in [0.3, 0.4) is 0 Å². The fourth-order valence-electron chi connectivity index (χ4n) is 3.25. The molecule has 0 spiro atoms. The van der Waals surface area contributed by atoms with Crippen LogP contribution in [0.25, 0.3) is 16.3 Å². The second-order valence-electron chi connectivity index (χ2n) is 5.93. The first-order valence-corrected chi connectivity index (χ1v) is 8.43. The van der Waals surface area contributed by atoms with E-state index in [1.165, 1.54) is 59.2 Å². The lowest BCUT2D eigenvalue weighted by Gasteiger charge is -2.24. The Morgan fingerprint density at radius 3 is 2.42 bits per heavy atom. The zero-order valence-electron chi connectivity index (χ0n) is 11.8. The van der Waals surface area contributed by atoms with E-state index in [0.29, 0.717) is 5.92 Å². The first-order valence-electron chi connectivity index (χ1n) is 7.43. The molecule has 0 saturated heterocycles. The molecule has 0 bridgehead atoms. The van der Waals surface area contributed by atoms with E-state index in [1.807, 2.05) is 0 Å². The zero-order chi connectivity index (χ0) is 13.2. The van der Waals surface area contributed by atoms with Gasteiger partial charge in [-0.1, -0.05) is 61.4 Å². The van der Waals surface area contributed by atoms with E-state index in [4.69, 9.17) is 0 Å². The Hall–Kier alpha value is -1.34. The third kappa shape index (κ3) is 2.66. The standard InChI is InChI=1S/C18H22Si/c1-13(14-5-3-2-4-6-14)15-7-8-17-12-18(19)10-9-16(17)11-15/h7-12,14H,1-6H2,19H3. The molecular formula is C18H22Si. The summed E-state index contributed by atoms with van der Waals surface area (Å²) in [6.07, 6.45) is 6.82. The van der Waals surface area contributed by atoms with Crippen LogP contribution in [0.2, 0.25) is 0 Å². The fraction of sp³-hybridized carbons (Fsp3) is 0.333. The molecule has 0 aromatic heterocycles. The second kappa shape index (κ2) is 5.34. The van der Waals surface area contributed by atoms with E-state index in [2.05, 4.69) is 43.0 Å². The third-order valence-corrected chi connectivity index (χ3v) is 5.09. The molecule has 1 fully saturated rings. The van der Waals surface area contributed by atoms with Crippen molar-refractivity contribution >= 4 is 31.8 Å². The van der Waals surface area contributed by atoms with Gasteiger partial charge in [0.2, 0.25) is 0 Å². The summed E-state index contributed by atoms with van der Waals surface area (Å²) in [6, 6.07) is 13.7. The lowest BCUT2D eigenvalue weighted by Crippen LogP contribution is -2.07. The molecule has 19 heavy (non-hydrogen) atoms. The fourth-order valence-corrected chi connectivity index (χ4v) is 3.73. The average Bonchev–Trinajstić information content (AvgIpc) is 2.47. The largest absolute Gasteiger partial charge is 0.0950 e. The number of rotatable bonds is 2. The van der Waals surface area contributed by atoms with Crippen LogP contribution in [0, 0.1) is 5.92 Å². The van der Waals surface area contributed by atoms with Gasteiger partial charge in [-0.15, -0.1) is 0 Å². The molecule has 2 aromatic rings. The first kappa shape index (κ1) is 12.7. The Balaban J connectivity index is 1.92. The van der Waals surface area contributed by atoms with Gasteiger partial charge in [-0.3, -0.25) is 0 Å². The van der Waals surface area contributed by atoms with Crippen molar-refractivity contribution in [2.75, 3.05) is 0 Å². The minimum Gasteiger partial charge on any atom is -0.0950 e. The first-order chi connectivity index (χ1) is 9.24. The van der Waals surface area contributed by atoms with Gasteiger partial charge in [0.25, 0.3) is 0 Å². The summed E-state index contributed by atoms with van der Waals surface area (Å²) >= 11 is 0. The number of fused-ring (bicyclic) bond motifs is 1. The maximum absolute atomic E-state index is 4.38. The number of hydrogen-bond acceptors (Lipinski definition) is 0. The van der Waals surface area contributed by atoms with Crippen LogP contribution in [-0.2, 0) is 0 Å². The van der Waals surface area contributed by atoms with E-state index in [1.54, 1.807) is 0 Å². The highest BCUT2D eigenvalue weighted by atomic mass is 28.1. The Labute approximate surface area is 119 Å². The SMILES string of the molecule is C=C(c1ccc2cc([SiH3])ccc2c1)C1CCCCC1. The molecule has 3 rings (SSSR count). The Morgan fingerprint density at radius 1 is 0.947 bits per heavy atom. The molecular weight excluding hydrogens is 244 g/mol. The molecule has 98 valence electrons. The van der Waals surface area contributed by atoms with Crippen LogP contribution in [0.1, 0.15) is 37.7 Å². The highest BCUT2D eigenvalue weighted by molar-refractivity contribution is 6.33. The van der Waals surface area contributed by atoms with E-state index >= 15 is 0 Å². The molecule has 1 heteroatoms. The summed E-state index contributed by atoms with van der Waals surface area (Å²) < 4.78 is 0. The third-order valence-electron chi connectivity index (χ3n) is 4.46. The summed E-state index contributed by atoms with van der Waals surface area (Å²) in [7, 11) is 1.13. The van der Waals surface area contributed by atoms with Crippen molar-refractivity contribution < 1.29 is 0 Å². The van der Waals surface area contributed by atoms with Gasteiger partial charge in [-0.25, -0.2) is 0 Å². The van der Waals surface area contributed by atoms with Crippen LogP contribution in [0.5, 0.6) is 0 Å². The number of hydrogen-bond donors (Lipinski definition) is 0. The molecule has 0 nitrogen and oxygen atoms in total. The van der Waals surface area contributed by atoms with Crippen molar-refractivity contribution in [2.45, 2.75) is 32.1 Å². The molecule has 0 atom stereocenters. The Morgan fingerprint density at radius 2 is 1.63 bits per heavy atom. The molecule has 0 N–H and O–H groups in total. The maximum atomic E-state index is 4.38. The van der Waals surface area contributed by atoms with Crippen molar-refractivity contribution in [3.63, 3.8) is 0 Å². The smallest absolute Gasteiger partial charge is 0.0385 e. The molecule has 1 aliphatic rings. The van der Waals surface area contributed by atoms with Crippen molar-refractivity contribution in [1.82, 2.24) is 0 Å². The van der Waals surface area contributed by atoms with Gasteiger partial charge < -0.3 is 0 Å². The van der Waals surface area contributed by atoms with Crippen LogP contribution < -0.4 is 5.19 Å². The molecule has 0 heterocycles. The molecule has 1 saturated carbocycles. The lowest BCUT2D eigenvalue weighted by molar-refractivity contribution is 0.430. The summed E-state index contributed by atoms with van der Waals surface area (Å²) in [5.41, 5.74) is 2.71. The van der Waals surface area contributed by atoms with Crippen LogP contribution >= 0.6 is 0 Å². The van der Waals surface area contributed by atoms with Gasteiger partial charge in [0, 0.05) is 10.2 Å². The summed E-state index contributed by atoms with van der Waals surface area (Å²) in [6.45, 7) is 4.38. The van der Waals surface area contributed by atoms with Crippen molar-refractivity contribution in [3.8, 4) is 0 Å². The van der Waals surface area contributed by atoms with Crippen molar-refractivity contribution in [3.05, 3.63) is 48.5 Å². The van der Waals surface area contributed by atoms with Gasteiger partial charge >= 0.3 is 0 Å². The van der Waals surface area contributed by atoms with Crippen LogP contribution in [0.15, 0.2) is 43.0 Å². The normalized spacial score (nSPS) is 16.8. The highest BCUT2D eigenvalue weighted by Gasteiger charge is 2.17. The quantitative estimate of drug-likeness (QED) is 0.731. The van der Waals surface area contributed by atoms with Gasteiger partial charge in [0.05, 0.1) is 0 Å². The number of benzene rings is 2. The van der Waals surface area contributed by atoms with E-state index in [0.717, 1.165) is 10.2 Å².